The number of nitrogens with two attached hydrogens (primary N) is 1. The average molecular weight is 1010 g/mol. The van der Waals surface area contributed by atoms with E-state index in [1.165, 1.54) is 56.0 Å². The Morgan fingerprint density at radius 2 is 1.38 bits per heavy atom. The Hall–Kier alpha value is -7.60. The lowest BCUT2D eigenvalue weighted by Crippen LogP contribution is -2.61. The number of imidazole rings is 2. The second-order valence-electron chi connectivity index (χ2n) is 16.4. The van der Waals surface area contributed by atoms with Crippen LogP contribution < -0.4 is 37.6 Å². The van der Waals surface area contributed by atoms with Gasteiger partial charge in [-0.3, -0.25) is 38.4 Å². The first-order valence-electron chi connectivity index (χ1n) is 22.0. The number of aliphatic hydroxyl groups excluding tert-OH is 3. The molecule has 28 nitrogen and oxygen atoms in total. The molecule has 71 heavy (non-hydrogen) atoms. The van der Waals surface area contributed by atoms with Gasteiger partial charge in [0.2, 0.25) is 57.3 Å². The summed E-state index contributed by atoms with van der Waals surface area (Å²) in [5.74, 6) is -7.84. The predicted octanol–water partition coefficient (Wildman–Crippen LogP) is -5.95. The molecule has 384 valence electrons. The number of phenols is 1. The molecular formula is C42H56N14O14S. The number of aliphatic hydroxyl groups is 3. The van der Waals surface area contributed by atoms with E-state index >= 15 is 0 Å². The van der Waals surface area contributed by atoms with Crippen LogP contribution in [0.3, 0.4) is 0 Å². The third-order valence-corrected chi connectivity index (χ3v) is 13.1. The van der Waals surface area contributed by atoms with Crippen molar-refractivity contribution in [1.82, 2.24) is 66.0 Å². The summed E-state index contributed by atoms with van der Waals surface area (Å²) >= 11 is 0. The number of aryl methyl sites for hydroxylation is 1. The minimum absolute atomic E-state index is 0.00332. The Morgan fingerprint density at radius 3 is 1.99 bits per heavy atom. The minimum atomic E-state index is -4.06. The molecule has 0 radical (unpaired) electrons. The number of aromatic amines is 2. The number of rotatable bonds is 25. The second kappa shape index (κ2) is 24.8. The van der Waals surface area contributed by atoms with Crippen LogP contribution in [0.1, 0.15) is 36.3 Å². The number of nitrogens with one attached hydrogen (secondary N) is 8. The molecule has 1 aliphatic heterocycles. The van der Waals surface area contributed by atoms with Gasteiger partial charge in [-0.2, -0.15) is 0 Å². The van der Waals surface area contributed by atoms with Gasteiger partial charge in [-0.1, -0.05) is 0 Å². The standard InChI is InChI=1S/C42H56N14O14S/c1-55(2)71(69,70)33-9-8-32(60)36-25(33)7-5-22(49-36)12-26(38(64)53-29(18-58)40(66)52-28(17-57)37(43)63)51-39(65)30(19-59)54-41(67)31-4-3-11-56(31)42(68)27(13-24-15-45-21-48-24)50-35(62)16-46-34(61)10-6-23-14-44-20-47-23/h5,7-9,14-15,20-21,26-31,57-60H,3-4,6,10-13,16-19H2,1-2H3,(H2,43,63)(H,44,47)(H,45,48)(H,46,61)(H,50,62)(H,51,65)(H,52,66)(H,53,64)(H,54,67)/t26-,27-,28-,29-,30-,31+/m0/s1. The number of primary amides is 1. The van der Waals surface area contributed by atoms with Crippen LogP contribution in [0.2, 0.25) is 0 Å². The summed E-state index contributed by atoms with van der Waals surface area (Å²) in [6.07, 6.45) is 5.95. The van der Waals surface area contributed by atoms with Crippen molar-refractivity contribution in [1.29, 1.82) is 0 Å². The lowest BCUT2D eigenvalue weighted by Gasteiger charge is -2.30. The molecule has 0 bridgehead atoms. The third kappa shape index (κ3) is 14.2. The maximum atomic E-state index is 14.1. The van der Waals surface area contributed by atoms with Crippen molar-refractivity contribution in [2.45, 2.75) is 79.7 Å². The van der Waals surface area contributed by atoms with Crippen molar-refractivity contribution in [2.75, 3.05) is 47.0 Å². The molecule has 0 saturated carbocycles. The number of nitrogens with zero attached hydrogens (tertiary/aromatic N) is 5. The molecule has 1 saturated heterocycles. The molecule has 0 unspecified atom stereocenters. The molecule has 5 rings (SSSR count). The fourth-order valence-electron chi connectivity index (χ4n) is 7.35. The number of benzene rings is 1. The summed E-state index contributed by atoms with van der Waals surface area (Å²) in [4.78, 5) is 125. The third-order valence-electron chi connectivity index (χ3n) is 11.2. The number of fused-ring (bicyclic) bond motifs is 1. The molecule has 1 aromatic carbocycles. The number of sulfonamides is 1. The number of hydrogen-bond donors (Lipinski definition) is 13. The van der Waals surface area contributed by atoms with E-state index < -0.39 is 132 Å². The Kier molecular flexibility index (Phi) is 19.0. The molecule has 4 heterocycles. The average Bonchev–Trinajstić information content (AvgIpc) is 4.17. The maximum absolute atomic E-state index is 14.1. The highest BCUT2D eigenvalue weighted by Crippen LogP contribution is 2.30. The molecule has 4 aromatic rings. The van der Waals surface area contributed by atoms with Crippen LogP contribution in [0, 0.1) is 0 Å². The highest BCUT2D eigenvalue weighted by Gasteiger charge is 2.40. The summed E-state index contributed by atoms with van der Waals surface area (Å²) in [5.41, 5.74) is 6.09. The fraction of sp³-hybridized carbons (Fsp3) is 0.452. The van der Waals surface area contributed by atoms with E-state index in [1.54, 1.807) is 6.20 Å². The first-order chi connectivity index (χ1) is 33.8. The molecule has 6 atom stereocenters. The van der Waals surface area contributed by atoms with Crippen LogP contribution in [0.5, 0.6) is 5.75 Å². The Labute approximate surface area is 405 Å². The van der Waals surface area contributed by atoms with Crippen molar-refractivity contribution in [2.24, 2.45) is 5.73 Å². The van der Waals surface area contributed by atoms with E-state index in [2.05, 4.69) is 56.8 Å². The van der Waals surface area contributed by atoms with Crippen LogP contribution in [0.25, 0.3) is 10.9 Å². The van der Waals surface area contributed by atoms with E-state index in [0.29, 0.717) is 24.2 Å². The smallest absolute Gasteiger partial charge is 0.246 e. The minimum Gasteiger partial charge on any atom is -0.506 e. The number of aromatic nitrogens is 5. The number of H-pyrrole nitrogens is 2. The van der Waals surface area contributed by atoms with Gasteiger partial charge in [-0.25, -0.2) is 27.7 Å². The zero-order valence-electron chi connectivity index (χ0n) is 38.5. The number of carbonyl (C=O) groups excluding carboxylic acids is 8. The van der Waals surface area contributed by atoms with Gasteiger partial charge in [0.1, 0.15) is 47.5 Å². The van der Waals surface area contributed by atoms with Crippen LogP contribution in [-0.4, -0.2) is 193 Å². The molecule has 8 amide bonds. The molecule has 14 N–H and O–H groups in total. The van der Waals surface area contributed by atoms with Gasteiger partial charge in [-0.15, -0.1) is 0 Å². The number of carbonyl (C=O) groups is 8. The van der Waals surface area contributed by atoms with Gasteiger partial charge in [0, 0.05) is 74.8 Å². The highest BCUT2D eigenvalue weighted by molar-refractivity contribution is 7.89. The quantitative estimate of drug-likeness (QED) is 0.0294. The van der Waals surface area contributed by atoms with Gasteiger partial charge < -0.3 is 72.9 Å². The van der Waals surface area contributed by atoms with Gasteiger partial charge in [0.15, 0.2) is 0 Å². The van der Waals surface area contributed by atoms with Crippen LogP contribution in [-0.2, 0) is 67.6 Å². The fourth-order valence-corrected chi connectivity index (χ4v) is 8.43. The van der Waals surface area contributed by atoms with E-state index in [0.717, 1.165) is 10.4 Å². The largest absolute Gasteiger partial charge is 0.506 e. The summed E-state index contributed by atoms with van der Waals surface area (Å²) < 4.78 is 27.1. The van der Waals surface area contributed by atoms with E-state index in [9.17, 15) is 67.2 Å². The first-order valence-corrected chi connectivity index (χ1v) is 23.4. The monoisotopic (exact) mass is 1010 g/mol. The van der Waals surface area contributed by atoms with Crippen LogP contribution >= 0.6 is 0 Å². The van der Waals surface area contributed by atoms with Crippen molar-refractivity contribution in [3.05, 3.63) is 66.4 Å². The lowest BCUT2D eigenvalue weighted by atomic mass is 10.1. The molecular weight excluding hydrogens is 957 g/mol. The van der Waals surface area contributed by atoms with E-state index in [1.807, 2.05) is 0 Å². The molecule has 3 aromatic heterocycles. The molecule has 1 fully saturated rings. The summed E-state index contributed by atoms with van der Waals surface area (Å²) in [5, 5.41) is 54.8. The number of aromatic hydroxyl groups is 1. The normalized spacial score (nSPS) is 15.7. The van der Waals surface area contributed by atoms with E-state index in [4.69, 9.17) is 5.73 Å². The Bertz CT molecular complexity index is 2670. The second-order valence-corrected chi connectivity index (χ2v) is 18.5. The predicted molar refractivity (Wildman–Crippen MR) is 245 cm³/mol. The van der Waals surface area contributed by atoms with Crippen molar-refractivity contribution in [3.8, 4) is 5.75 Å². The van der Waals surface area contributed by atoms with Gasteiger partial charge in [0.05, 0.1) is 43.9 Å². The summed E-state index contributed by atoms with van der Waals surface area (Å²) in [6, 6.07) is -4.61. The van der Waals surface area contributed by atoms with E-state index in [-0.39, 0.29) is 47.3 Å². The Balaban J connectivity index is 1.33. The number of amides is 8. The van der Waals surface area contributed by atoms with Gasteiger partial charge >= 0.3 is 0 Å². The highest BCUT2D eigenvalue weighted by atomic mass is 32.2. The molecule has 0 spiro atoms. The first kappa shape index (κ1) is 54.3. The summed E-state index contributed by atoms with van der Waals surface area (Å²) in [6.45, 7) is -3.48. The number of phenolic OH excluding ortho intramolecular Hbond substituents is 1. The zero-order valence-corrected chi connectivity index (χ0v) is 39.3. The maximum Gasteiger partial charge on any atom is 0.246 e. The van der Waals surface area contributed by atoms with Crippen molar-refractivity contribution < 1.29 is 67.2 Å². The number of hydrogen-bond acceptors (Lipinski definition) is 17. The summed E-state index contributed by atoms with van der Waals surface area (Å²) in [7, 11) is -1.46. The van der Waals surface area contributed by atoms with Crippen LogP contribution in [0.15, 0.2) is 54.2 Å². The Morgan fingerprint density at radius 1 is 0.775 bits per heavy atom. The van der Waals surface area contributed by atoms with Crippen molar-refractivity contribution >= 4 is 68.2 Å². The van der Waals surface area contributed by atoms with Crippen molar-refractivity contribution in [3.63, 3.8) is 0 Å². The molecule has 0 aliphatic carbocycles. The van der Waals surface area contributed by atoms with Gasteiger partial charge in [-0.05, 0) is 43.5 Å². The molecule has 29 heteroatoms. The lowest BCUT2D eigenvalue weighted by molar-refractivity contribution is -0.142. The zero-order chi connectivity index (χ0) is 52.0. The number of pyridine rings is 1. The van der Waals surface area contributed by atoms with Crippen LogP contribution in [0.4, 0.5) is 0 Å². The SMILES string of the molecule is CN(C)S(=O)(=O)c1ccc(O)c2nc(C[C@H](NC(=O)[C@H](CO)NC(=O)[C@H]3CCCN3C(=O)[C@H](Cc3cnc[nH]3)NC(=O)CNC(=O)CCc3cnc[nH]3)C(=O)N[C@@H](CO)C(=O)N[C@@H](CO)C(N)=O)ccc12. The van der Waals surface area contributed by atoms with Gasteiger partial charge in [0.25, 0.3) is 0 Å². The number of likely N-dealkylation sites (tertiary alicyclic amines) is 1. The topological polar surface area (TPSA) is 427 Å². The molecule has 1 aliphatic rings.